The van der Waals surface area contributed by atoms with Crippen molar-refractivity contribution in [2.45, 2.75) is 26.8 Å². The summed E-state index contributed by atoms with van der Waals surface area (Å²) >= 11 is 0. The number of aryl methyl sites for hydroxylation is 1. The summed E-state index contributed by atoms with van der Waals surface area (Å²) in [6.07, 6.45) is 2.21. The zero-order valence-electron chi connectivity index (χ0n) is 9.45. The summed E-state index contributed by atoms with van der Waals surface area (Å²) in [5, 5.41) is 6.81. The van der Waals surface area contributed by atoms with Crippen LogP contribution < -0.4 is 11.1 Å². The first-order chi connectivity index (χ1) is 7.00. The van der Waals surface area contributed by atoms with Gasteiger partial charge >= 0.3 is 0 Å². The summed E-state index contributed by atoms with van der Waals surface area (Å²) in [5.74, 6) is 1.02. The van der Waals surface area contributed by atoms with Crippen LogP contribution in [0, 0.1) is 5.92 Å². The number of amides is 1. The van der Waals surface area contributed by atoms with Crippen molar-refractivity contribution in [3.8, 4) is 0 Å². The Labute approximate surface area is 89.6 Å². The minimum absolute atomic E-state index is 0.0493. The molecular formula is C10H18N4O. The second-order valence-electron chi connectivity index (χ2n) is 4.05. The van der Waals surface area contributed by atoms with Gasteiger partial charge < -0.3 is 11.1 Å². The van der Waals surface area contributed by atoms with E-state index in [4.69, 9.17) is 5.73 Å². The molecule has 1 heterocycles. The molecule has 0 fully saturated rings. The van der Waals surface area contributed by atoms with Crippen LogP contribution in [0.4, 0.5) is 5.82 Å². The molecule has 3 N–H and O–H groups in total. The number of nitrogen functional groups attached to an aromatic ring is 1. The number of nitrogens with two attached hydrogens (primary N) is 1. The lowest BCUT2D eigenvalue weighted by atomic mass is 10.1. The van der Waals surface area contributed by atoms with Gasteiger partial charge in [-0.15, -0.1) is 0 Å². The Kier molecular flexibility index (Phi) is 3.71. The van der Waals surface area contributed by atoms with E-state index in [0.29, 0.717) is 24.7 Å². The number of rotatable bonds is 4. The van der Waals surface area contributed by atoms with Gasteiger partial charge in [0, 0.05) is 25.6 Å². The van der Waals surface area contributed by atoms with Crippen LogP contribution in [0.5, 0.6) is 0 Å². The molecule has 1 amide bonds. The second-order valence-corrected chi connectivity index (χ2v) is 4.05. The number of hydrogen-bond donors (Lipinski definition) is 2. The van der Waals surface area contributed by atoms with E-state index in [1.165, 1.54) is 0 Å². The van der Waals surface area contributed by atoms with Crippen molar-refractivity contribution in [1.82, 2.24) is 15.1 Å². The van der Waals surface area contributed by atoms with Gasteiger partial charge in [-0.2, -0.15) is 5.10 Å². The minimum atomic E-state index is 0.0493. The average Bonchev–Trinajstić information content (AvgIpc) is 2.44. The lowest BCUT2D eigenvalue weighted by Gasteiger charge is -2.06. The summed E-state index contributed by atoms with van der Waals surface area (Å²) in [6.45, 7) is 4.47. The van der Waals surface area contributed by atoms with Crippen molar-refractivity contribution in [1.29, 1.82) is 0 Å². The van der Waals surface area contributed by atoms with Crippen molar-refractivity contribution in [2.24, 2.45) is 13.0 Å². The second kappa shape index (κ2) is 4.82. The fraction of sp³-hybridized carbons (Fsp3) is 0.600. The lowest BCUT2D eigenvalue weighted by molar-refractivity contribution is -0.121. The van der Waals surface area contributed by atoms with Crippen molar-refractivity contribution in [2.75, 3.05) is 5.73 Å². The van der Waals surface area contributed by atoms with Crippen LogP contribution in [-0.2, 0) is 18.4 Å². The summed E-state index contributed by atoms with van der Waals surface area (Å²) in [7, 11) is 1.77. The number of hydrogen-bond acceptors (Lipinski definition) is 3. The molecular weight excluding hydrogens is 192 g/mol. The quantitative estimate of drug-likeness (QED) is 0.767. The summed E-state index contributed by atoms with van der Waals surface area (Å²) in [5.41, 5.74) is 6.60. The predicted molar refractivity (Wildman–Crippen MR) is 58.9 cm³/mol. The molecule has 0 aliphatic heterocycles. The van der Waals surface area contributed by atoms with E-state index >= 15 is 0 Å². The van der Waals surface area contributed by atoms with Gasteiger partial charge in [0.1, 0.15) is 5.82 Å². The molecule has 84 valence electrons. The average molecular weight is 210 g/mol. The van der Waals surface area contributed by atoms with E-state index in [0.717, 1.165) is 5.56 Å². The van der Waals surface area contributed by atoms with Gasteiger partial charge in [-0.05, 0) is 5.92 Å². The standard InChI is InChI=1S/C10H18N4O/c1-7(2)4-9(15)12-5-8-6-13-14(3)10(8)11/h6-7H,4-5,11H2,1-3H3,(H,12,15). The zero-order chi connectivity index (χ0) is 11.4. The zero-order valence-corrected chi connectivity index (χ0v) is 9.45. The van der Waals surface area contributed by atoms with E-state index < -0.39 is 0 Å². The predicted octanol–water partition coefficient (Wildman–Crippen LogP) is 0.665. The van der Waals surface area contributed by atoms with Crippen LogP contribution in [0.1, 0.15) is 25.8 Å². The topological polar surface area (TPSA) is 72.9 Å². The fourth-order valence-electron chi connectivity index (χ4n) is 1.27. The van der Waals surface area contributed by atoms with Crippen LogP contribution in [-0.4, -0.2) is 15.7 Å². The molecule has 5 heteroatoms. The molecule has 1 rings (SSSR count). The van der Waals surface area contributed by atoms with Crippen LogP contribution in [0.15, 0.2) is 6.20 Å². The molecule has 0 spiro atoms. The third kappa shape index (κ3) is 3.27. The first kappa shape index (κ1) is 11.6. The van der Waals surface area contributed by atoms with Crippen LogP contribution >= 0.6 is 0 Å². The van der Waals surface area contributed by atoms with E-state index in [2.05, 4.69) is 10.4 Å². The molecule has 0 saturated heterocycles. The summed E-state index contributed by atoms with van der Waals surface area (Å²) < 4.78 is 1.59. The van der Waals surface area contributed by atoms with Crippen molar-refractivity contribution in [3.05, 3.63) is 11.8 Å². The highest BCUT2D eigenvalue weighted by atomic mass is 16.1. The third-order valence-corrected chi connectivity index (χ3v) is 2.13. The van der Waals surface area contributed by atoms with Crippen LogP contribution in [0.3, 0.4) is 0 Å². The number of carbonyl (C=O) groups excluding carboxylic acids is 1. The van der Waals surface area contributed by atoms with Gasteiger partial charge in [-0.1, -0.05) is 13.8 Å². The largest absolute Gasteiger partial charge is 0.384 e. The maximum absolute atomic E-state index is 11.4. The molecule has 1 aromatic rings. The molecule has 0 saturated carbocycles. The summed E-state index contributed by atoms with van der Waals surface area (Å²) in [4.78, 5) is 11.4. The highest BCUT2D eigenvalue weighted by molar-refractivity contribution is 5.76. The van der Waals surface area contributed by atoms with Crippen molar-refractivity contribution >= 4 is 11.7 Å². The Hall–Kier alpha value is -1.52. The van der Waals surface area contributed by atoms with E-state index in [1.54, 1.807) is 17.9 Å². The van der Waals surface area contributed by atoms with Crippen molar-refractivity contribution in [3.63, 3.8) is 0 Å². The Balaban J connectivity index is 2.44. The normalized spacial score (nSPS) is 10.7. The monoisotopic (exact) mass is 210 g/mol. The molecule has 5 nitrogen and oxygen atoms in total. The lowest BCUT2D eigenvalue weighted by Crippen LogP contribution is -2.24. The molecule has 0 atom stereocenters. The fourth-order valence-corrected chi connectivity index (χ4v) is 1.27. The van der Waals surface area contributed by atoms with E-state index in [1.807, 2.05) is 13.8 Å². The number of anilines is 1. The van der Waals surface area contributed by atoms with Gasteiger partial charge in [0.15, 0.2) is 0 Å². The molecule has 0 aliphatic rings. The molecule has 15 heavy (non-hydrogen) atoms. The number of nitrogens with one attached hydrogen (secondary N) is 1. The maximum atomic E-state index is 11.4. The number of carbonyl (C=O) groups is 1. The molecule has 1 aromatic heterocycles. The van der Waals surface area contributed by atoms with E-state index in [-0.39, 0.29) is 5.91 Å². The highest BCUT2D eigenvalue weighted by Gasteiger charge is 2.07. The van der Waals surface area contributed by atoms with Crippen LogP contribution in [0.2, 0.25) is 0 Å². The van der Waals surface area contributed by atoms with Crippen LogP contribution in [0.25, 0.3) is 0 Å². The van der Waals surface area contributed by atoms with Gasteiger partial charge in [0.05, 0.1) is 6.20 Å². The smallest absolute Gasteiger partial charge is 0.220 e. The number of aromatic nitrogens is 2. The van der Waals surface area contributed by atoms with Gasteiger partial charge in [-0.3, -0.25) is 9.48 Å². The Morgan fingerprint density at radius 2 is 2.33 bits per heavy atom. The molecule has 0 aliphatic carbocycles. The van der Waals surface area contributed by atoms with E-state index in [9.17, 15) is 4.79 Å². The van der Waals surface area contributed by atoms with Crippen molar-refractivity contribution < 1.29 is 4.79 Å². The van der Waals surface area contributed by atoms with Gasteiger partial charge in [0.25, 0.3) is 0 Å². The molecule has 0 bridgehead atoms. The maximum Gasteiger partial charge on any atom is 0.220 e. The summed E-state index contributed by atoms with van der Waals surface area (Å²) in [6, 6.07) is 0. The van der Waals surface area contributed by atoms with Gasteiger partial charge in [0.2, 0.25) is 5.91 Å². The first-order valence-corrected chi connectivity index (χ1v) is 5.03. The minimum Gasteiger partial charge on any atom is -0.384 e. The Morgan fingerprint density at radius 1 is 1.67 bits per heavy atom. The molecule has 0 aromatic carbocycles. The molecule has 0 radical (unpaired) electrons. The third-order valence-electron chi connectivity index (χ3n) is 2.13. The number of nitrogens with zero attached hydrogens (tertiary/aromatic N) is 2. The highest BCUT2D eigenvalue weighted by Crippen LogP contribution is 2.08. The Bertz CT molecular complexity index is 343. The SMILES string of the molecule is CC(C)CC(=O)NCc1cnn(C)c1N. The van der Waals surface area contributed by atoms with Gasteiger partial charge in [-0.25, -0.2) is 0 Å². The first-order valence-electron chi connectivity index (χ1n) is 5.03. The Morgan fingerprint density at radius 3 is 2.80 bits per heavy atom. The molecule has 0 unspecified atom stereocenters.